The molecule has 0 aromatic heterocycles. The molecule has 0 saturated heterocycles. The Morgan fingerprint density at radius 2 is 1.59 bits per heavy atom. The van der Waals surface area contributed by atoms with E-state index in [4.69, 9.17) is 0 Å². The van der Waals surface area contributed by atoms with Gasteiger partial charge in [0, 0.05) is 31.8 Å². The van der Waals surface area contributed by atoms with E-state index in [9.17, 15) is 8.42 Å². The summed E-state index contributed by atoms with van der Waals surface area (Å²) in [6.45, 7) is 3.93. The van der Waals surface area contributed by atoms with Crippen LogP contribution in [0.15, 0.2) is 4.99 Å². The molecule has 0 heterocycles. The Kier molecular flexibility index (Phi) is 5.41. The van der Waals surface area contributed by atoms with Crippen LogP contribution in [0, 0.1) is 10.8 Å². The fourth-order valence-electron chi connectivity index (χ4n) is 3.65. The first kappa shape index (κ1) is 17.6. The van der Waals surface area contributed by atoms with Crippen LogP contribution in [0.4, 0.5) is 0 Å². The molecule has 0 unspecified atom stereocenters. The van der Waals surface area contributed by atoms with Gasteiger partial charge in [0.25, 0.3) is 0 Å². The third kappa shape index (κ3) is 4.86. The zero-order valence-electron chi connectivity index (χ0n) is 14.2. The topological polar surface area (TPSA) is 70.6 Å². The van der Waals surface area contributed by atoms with Crippen molar-refractivity contribution < 1.29 is 8.42 Å². The van der Waals surface area contributed by atoms with Crippen LogP contribution in [0.25, 0.3) is 0 Å². The van der Waals surface area contributed by atoms with Gasteiger partial charge in [0.15, 0.2) is 5.96 Å². The average Bonchev–Trinajstić information content (AvgIpc) is 3.03. The van der Waals surface area contributed by atoms with E-state index in [1.807, 2.05) is 0 Å². The largest absolute Gasteiger partial charge is 0.356 e. The zero-order chi connectivity index (χ0) is 16.3. The van der Waals surface area contributed by atoms with Gasteiger partial charge in [-0.05, 0) is 37.5 Å². The molecule has 5 nitrogen and oxygen atoms in total. The van der Waals surface area contributed by atoms with Gasteiger partial charge in [-0.15, -0.1) is 0 Å². The lowest BCUT2D eigenvalue weighted by molar-refractivity contribution is 0.283. The van der Waals surface area contributed by atoms with E-state index in [0.717, 1.165) is 25.3 Å². The quantitative estimate of drug-likeness (QED) is 0.553. The van der Waals surface area contributed by atoms with Gasteiger partial charge < -0.3 is 10.6 Å². The molecule has 0 spiro atoms. The molecule has 22 heavy (non-hydrogen) atoms. The molecule has 2 aliphatic rings. The highest BCUT2D eigenvalue weighted by molar-refractivity contribution is 7.90. The van der Waals surface area contributed by atoms with Crippen molar-refractivity contribution in [3.8, 4) is 0 Å². The van der Waals surface area contributed by atoms with E-state index in [1.54, 1.807) is 7.05 Å². The van der Waals surface area contributed by atoms with Crippen LogP contribution in [0.5, 0.6) is 0 Å². The molecule has 2 fully saturated rings. The van der Waals surface area contributed by atoms with Gasteiger partial charge in [-0.25, -0.2) is 8.42 Å². The number of guanidine groups is 1. The number of hydrogen-bond acceptors (Lipinski definition) is 3. The molecule has 0 aliphatic heterocycles. The second-order valence-electron chi connectivity index (χ2n) is 7.41. The summed E-state index contributed by atoms with van der Waals surface area (Å²) >= 11 is 0. The maximum absolute atomic E-state index is 11.5. The van der Waals surface area contributed by atoms with Crippen LogP contribution in [0.3, 0.4) is 0 Å². The normalized spacial score (nSPS) is 23.3. The van der Waals surface area contributed by atoms with Crippen molar-refractivity contribution in [2.45, 2.75) is 51.9 Å². The van der Waals surface area contributed by atoms with E-state index in [2.05, 4.69) is 22.5 Å². The van der Waals surface area contributed by atoms with Crippen molar-refractivity contribution in [3.05, 3.63) is 0 Å². The number of hydrogen-bond donors (Lipinski definition) is 2. The second-order valence-corrected chi connectivity index (χ2v) is 9.55. The van der Waals surface area contributed by atoms with Gasteiger partial charge in [0.05, 0.1) is 5.75 Å². The van der Waals surface area contributed by atoms with Crippen LogP contribution < -0.4 is 10.6 Å². The molecule has 0 amide bonds. The standard InChI is InChI=1S/C16H31N3O2S/c1-4-15(7-5-6-8-15)11-18-14(17-2)19-12-16(9-10-16)13-22(3,20)21/h4-13H2,1-3H3,(H2,17,18,19). The minimum atomic E-state index is -2.91. The minimum absolute atomic E-state index is 0.0684. The molecular weight excluding hydrogens is 298 g/mol. The van der Waals surface area contributed by atoms with Crippen molar-refractivity contribution in [2.75, 3.05) is 32.1 Å². The lowest BCUT2D eigenvalue weighted by Crippen LogP contribution is -2.45. The van der Waals surface area contributed by atoms with Gasteiger partial charge >= 0.3 is 0 Å². The molecule has 2 rings (SSSR count). The van der Waals surface area contributed by atoms with Gasteiger partial charge in [0.1, 0.15) is 9.84 Å². The summed E-state index contributed by atoms with van der Waals surface area (Å²) in [6.07, 6.45) is 9.77. The van der Waals surface area contributed by atoms with Crippen molar-refractivity contribution in [1.29, 1.82) is 0 Å². The van der Waals surface area contributed by atoms with Crippen molar-refractivity contribution in [2.24, 2.45) is 15.8 Å². The lowest BCUT2D eigenvalue weighted by Gasteiger charge is -2.29. The zero-order valence-corrected chi connectivity index (χ0v) is 15.1. The Morgan fingerprint density at radius 1 is 1.05 bits per heavy atom. The number of sulfone groups is 1. The molecule has 0 atom stereocenters. The van der Waals surface area contributed by atoms with Crippen LogP contribution >= 0.6 is 0 Å². The summed E-state index contributed by atoms with van der Waals surface area (Å²) in [6, 6.07) is 0. The predicted octanol–water partition coefficient (Wildman–Crippen LogP) is 1.95. The molecular formula is C16H31N3O2S. The van der Waals surface area contributed by atoms with Crippen molar-refractivity contribution in [1.82, 2.24) is 10.6 Å². The molecule has 0 radical (unpaired) electrons. The third-order valence-corrected chi connectivity index (χ3v) is 6.56. The molecule has 0 bridgehead atoms. The van der Waals surface area contributed by atoms with Crippen LogP contribution in [-0.4, -0.2) is 46.5 Å². The average molecular weight is 330 g/mol. The lowest BCUT2D eigenvalue weighted by atomic mass is 9.83. The Morgan fingerprint density at radius 3 is 2.00 bits per heavy atom. The summed E-state index contributed by atoms with van der Waals surface area (Å²) < 4.78 is 23.0. The molecule has 6 heteroatoms. The summed E-state index contributed by atoms with van der Waals surface area (Å²) in [5.41, 5.74) is 0.350. The first-order chi connectivity index (χ1) is 10.3. The van der Waals surface area contributed by atoms with Crippen molar-refractivity contribution in [3.63, 3.8) is 0 Å². The van der Waals surface area contributed by atoms with Gasteiger partial charge in [-0.2, -0.15) is 0 Å². The Hall–Kier alpha value is -0.780. The first-order valence-corrected chi connectivity index (χ1v) is 10.5. The van der Waals surface area contributed by atoms with Crippen LogP contribution in [0.1, 0.15) is 51.9 Å². The smallest absolute Gasteiger partial charge is 0.191 e. The second kappa shape index (κ2) is 6.77. The molecule has 128 valence electrons. The summed E-state index contributed by atoms with van der Waals surface area (Å²) in [5, 5.41) is 6.79. The van der Waals surface area contributed by atoms with Crippen LogP contribution in [0.2, 0.25) is 0 Å². The minimum Gasteiger partial charge on any atom is -0.356 e. The first-order valence-electron chi connectivity index (χ1n) is 8.44. The van der Waals surface area contributed by atoms with E-state index < -0.39 is 9.84 Å². The van der Waals surface area contributed by atoms with E-state index in [1.165, 1.54) is 38.4 Å². The van der Waals surface area contributed by atoms with Crippen molar-refractivity contribution >= 4 is 15.8 Å². The fraction of sp³-hybridized carbons (Fsp3) is 0.938. The van der Waals surface area contributed by atoms with E-state index in [0.29, 0.717) is 12.0 Å². The maximum atomic E-state index is 11.5. The fourth-order valence-corrected chi connectivity index (χ4v) is 5.15. The summed E-state index contributed by atoms with van der Waals surface area (Å²) in [7, 11) is -1.14. The summed E-state index contributed by atoms with van der Waals surface area (Å²) in [5.74, 6) is 1.09. The van der Waals surface area contributed by atoms with E-state index in [-0.39, 0.29) is 11.2 Å². The van der Waals surface area contributed by atoms with E-state index >= 15 is 0 Å². The highest BCUT2D eigenvalue weighted by atomic mass is 32.2. The highest BCUT2D eigenvalue weighted by Crippen LogP contribution is 2.46. The molecule has 2 N–H and O–H groups in total. The monoisotopic (exact) mass is 329 g/mol. The Balaban J connectivity index is 1.81. The van der Waals surface area contributed by atoms with Gasteiger partial charge in [-0.3, -0.25) is 4.99 Å². The van der Waals surface area contributed by atoms with Gasteiger partial charge in [0.2, 0.25) is 0 Å². The molecule has 0 aromatic carbocycles. The van der Waals surface area contributed by atoms with Crippen LogP contribution in [-0.2, 0) is 9.84 Å². The molecule has 2 saturated carbocycles. The highest BCUT2D eigenvalue weighted by Gasteiger charge is 2.45. The number of rotatable bonds is 7. The maximum Gasteiger partial charge on any atom is 0.191 e. The summed E-state index contributed by atoms with van der Waals surface area (Å²) in [4.78, 5) is 4.29. The SMILES string of the molecule is CCC1(CNC(=NC)NCC2(CS(C)(=O)=O)CC2)CCCC1. The third-order valence-electron chi connectivity index (χ3n) is 5.42. The molecule has 0 aromatic rings. The Bertz CT molecular complexity index is 503. The predicted molar refractivity (Wildman–Crippen MR) is 91.9 cm³/mol. The van der Waals surface area contributed by atoms with Gasteiger partial charge in [-0.1, -0.05) is 19.8 Å². The Labute approximate surface area is 135 Å². The number of nitrogens with one attached hydrogen (secondary N) is 2. The number of aliphatic imine (C=N–C) groups is 1. The number of nitrogens with zero attached hydrogens (tertiary/aromatic N) is 1. The molecule has 2 aliphatic carbocycles.